The number of nitrogens with zero attached hydrogens (tertiary/aromatic N) is 2. The van der Waals surface area contributed by atoms with Gasteiger partial charge in [0.25, 0.3) is 0 Å². The normalized spacial score (nSPS) is 11.3. The van der Waals surface area contributed by atoms with Gasteiger partial charge >= 0.3 is 5.97 Å². The van der Waals surface area contributed by atoms with E-state index in [-0.39, 0.29) is 16.3 Å². The lowest BCUT2D eigenvalue weighted by molar-refractivity contribution is 0.0723. The lowest BCUT2D eigenvalue weighted by Gasteiger charge is -2.11. The van der Waals surface area contributed by atoms with Crippen LogP contribution in [0.4, 0.5) is 0 Å². The number of halogens is 1. The van der Waals surface area contributed by atoms with Crippen LogP contribution in [0.25, 0.3) is 11.1 Å². The number of sulfonamides is 1. The molecule has 0 fully saturated rings. The fourth-order valence-corrected chi connectivity index (χ4v) is 3.81. The molecule has 0 radical (unpaired) electrons. The van der Waals surface area contributed by atoms with Gasteiger partial charge in [-0.15, -0.1) is 0 Å². The van der Waals surface area contributed by atoms with Gasteiger partial charge in [0.05, 0.1) is 17.6 Å². The Labute approximate surface area is 190 Å². The van der Waals surface area contributed by atoms with Crippen molar-refractivity contribution in [2.45, 2.75) is 11.4 Å². The molecular formula is C23H18ClN3O4S. The van der Waals surface area contributed by atoms with Gasteiger partial charge in [0.15, 0.2) is 5.69 Å². The first-order valence-electron chi connectivity index (χ1n) is 9.52. The standard InChI is InChI=1S/C23H18ClN3O4S/c24-18-8-6-17(7-9-18)21-14-26-27(15-16-4-2-1-3-5-16)22(21)23(28)31-19-10-12-20(13-11-19)32(25,29)30/h1-14H,15H2,(H2,25,29,30). The van der Waals surface area contributed by atoms with E-state index in [4.69, 9.17) is 21.5 Å². The molecule has 1 heterocycles. The highest BCUT2D eigenvalue weighted by Gasteiger charge is 2.22. The molecule has 4 rings (SSSR count). The number of hydrogen-bond acceptors (Lipinski definition) is 5. The topological polar surface area (TPSA) is 104 Å². The minimum atomic E-state index is -3.84. The summed E-state index contributed by atoms with van der Waals surface area (Å²) in [7, 11) is -3.84. The number of aromatic nitrogens is 2. The number of carbonyl (C=O) groups excluding carboxylic acids is 1. The lowest BCUT2D eigenvalue weighted by Crippen LogP contribution is -2.17. The Morgan fingerprint density at radius 2 is 1.62 bits per heavy atom. The number of benzene rings is 3. The lowest BCUT2D eigenvalue weighted by atomic mass is 10.1. The van der Waals surface area contributed by atoms with Gasteiger partial charge in [0, 0.05) is 10.6 Å². The Kier molecular flexibility index (Phi) is 6.09. The van der Waals surface area contributed by atoms with Crippen LogP contribution >= 0.6 is 11.6 Å². The number of rotatable bonds is 6. The second kappa shape index (κ2) is 8.96. The van der Waals surface area contributed by atoms with Crippen molar-refractivity contribution in [2.75, 3.05) is 0 Å². The van der Waals surface area contributed by atoms with E-state index in [1.165, 1.54) is 24.3 Å². The van der Waals surface area contributed by atoms with E-state index in [0.29, 0.717) is 17.1 Å². The third-order valence-electron chi connectivity index (χ3n) is 4.73. The molecule has 7 nitrogen and oxygen atoms in total. The molecule has 3 aromatic carbocycles. The highest BCUT2D eigenvalue weighted by molar-refractivity contribution is 7.89. The summed E-state index contributed by atoms with van der Waals surface area (Å²) in [5.74, 6) is -0.455. The van der Waals surface area contributed by atoms with E-state index >= 15 is 0 Å². The Morgan fingerprint density at radius 1 is 0.969 bits per heavy atom. The van der Waals surface area contributed by atoms with E-state index in [1.54, 1.807) is 35.1 Å². The van der Waals surface area contributed by atoms with Crippen molar-refractivity contribution in [1.82, 2.24) is 9.78 Å². The molecule has 0 amide bonds. The summed E-state index contributed by atoms with van der Waals surface area (Å²) < 4.78 is 30.0. The summed E-state index contributed by atoms with van der Waals surface area (Å²) in [5, 5.41) is 10.1. The zero-order valence-corrected chi connectivity index (χ0v) is 18.3. The van der Waals surface area contributed by atoms with E-state index in [9.17, 15) is 13.2 Å². The van der Waals surface area contributed by atoms with Crippen molar-refractivity contribution < 1.29 is 17.9 Å². The average Bonchev–Trinajstić information content (AvgIpc) is 3.18. The van der Waals surface area contributed by atoms with E-state index in [2.05, 4.69) is 5.10 Å². The van der Waals surface area contributed by atoms with Gasteiger partial charge in [-0.25, -0.2) is 18.4 Å². The summed E-state index contributed by atoms with van der Waals surface area (Å²) in [6.45, 7) is 0.364. The maximum atomic E-state index is 13.2. The maximum Gasteiger partial charge on any atom is 0.362 e. The van der Waals surface area contributed by atoms with Crippen LogP contribution in [0.3, 0.4) is 0 Å². The Bertz CT molecular complexity index is 1350. The second-order valence-corrected chi connectivity index (χ2v) is 8.96. The third kappa shape index (κ3) is 4.88. The molecule has 0 saturated carbocycles. The average molecular weight is 468 g/mol. The first-order valence-corrected chi connectivity index (χ1v) is 11.4. The third-order valence-corrected chi connectivity index (χ3v) is 5.91. The maximum absolute atomic E-state index is 13.2. The molecule has 162 valence electrons. The zero-order valence-electron chi connectivity index (χ0n) is 16.7. The van der Waals surface area contributed by atoms with Crippen LogP contribution in [-0.2, 0) is 16.6 Å². The van der Waals surface area contributed by atoms with Crippen molar-refractivity contribution in [3.8, 4) is 16.9 Å². The highest BCUT2D eigenvalue weighted by Crippen LogP contribution is 2.27. The number of nitrogens with two attached hydrogens (primary N) is 1. The van der Waals surface area contributed by atoms with Crippen LogP contribution in [0, 0.1) is 0 Å². The second-order valence-electron chi connectivity index (χ2n) is 6.96. The van der Waals surface area contributed by atoms with Gasteiger partial charge in [-0.3, -0.25) is 4.68 Å². The van der Waals surface area contributed by atoms with Gasteiger partial charge < -0.3 is 4.74 Å². The monoisotopic (exact) mass is 467 g/mol. The molecule has 32 heavy (non-hydrogen) atoms. The quantitative estimate of drug-likeness (QED) is 0.339. The smallest absolute Gasteiger partial charge is 0.362 e. The van der Waals surface area contributed by atoms with Crippen molar-refractivity contribution in [2.24, 2.45) is 5.14 Å². The van der Waals surface area contributed by atoms with Crippen molar-refractivity contribution in [3.63, 3.8) is 0 Å². The molecule has 0 atom stereocenters. The molecule has 0 aliphatic rings. The summed E-state index contributed by atoms with van der Waals surface area (Å²) in [6, 6.07) is 21.9. The van der Waals surface area contributed by atoms with E-state index in [1.807, 2.05) is 30.3 Å². The summed E-state index contributed by atoms with van der Waals surface area (Å²) in [6.07, 6.45) is 1.60. The van der Waals surface area contributed by atoms with Crippen LogP contribution in [0.2, 0.25) is 5.02 Å². The molecule has 0 unspecified atom stereocenters. The molecular weight excluding hydrogens is 450 g/mol. The van der Waals surface area contributed by atoms with Crippen LogP contribution < -0.4 is 9.88 Å². The van der Waals surface area contributed by atoms with Gasteiger partial charge in [0.1, 0.15) is 5.75 Å². The van der Waals surface area contributed by atoms with Gasteiger partial charge in [0.2, 0.25) is 10.0 Å². The Morgan fingerprint density at radius 3 is 2.25 bits per heavy atom. The number of ether oxygens (including phenoxy) is 1. The van der Waals surface area contributed by atoms with Crippen molar-refractivity contribution in [1.29, 1.82) is 0 Å². The van der Waals surface area contributed by atoms with Gasteiger partial charge in [-0.1, -0.05) is 54.1 Å². The molecule has 0 bridgehead atoms. The van der Waals surface area contributed by atoms with Crippen LogP contribution in [0.1, 0.15) is 16.1 Å². The fraction of sp³-hybridized carbons (Fsp3) is 0.0435. The molecule has 2 N–H and O–H groups in total. The highest BCUT2D eigenvalue weighted by atomic mass is 35.5. The summed E-state index contributed by atoms with van der Waals surface area (Å²) in [4.78, 5) is 13.1. The largest absolute Gasteiger partial charge is 0.422 e. The summed E-state index contributed by atoms with van der Waals surface area (Å²) >= 11 is 6.00. The van der Waals surface area contributed by atoms with E-state index in [0.717, 1.165) is 11.1 Å². The molecule has 0 saturated heterocycles. The van der Waals surface area contributed by atoms with Gasteiger partial charge in [-0.2, -0.15) is 5.10 Å². The first kappa shape index (κ1) is 21.8. The predicted octanol–water partition coefficient (Wildman–Crippen LogP) is 4.12. The number of hydrogen-bond donors (Lipinski definition) is 1. The molecule has 9 heteroatoms. The SMILES string of the molecule is NS(=O)(=O)c1ccc(OC(=O)c2c(-c3ccc(Cl)cc3)cnn2Cc2ccccc2)cc1. The molecule has 4 aromatic rings. The van der Waals surface area contributed by atoms with E-state index < -0.39 is 16.0 Å². The Hall–Kier alpha value is -3.46. The van der Waals surface area contributed by atoms with Gasteiger partial charge in [-0.05, 0) is 47.5 Å². The van der Waals surface area contributed by atoms with Crippen molar-refractivity contribution in [3.05, 3.63) is 101 Å². The number of carbonyl (C=O) groups is 1. The molecule has 1 aromatic heterocycles. The van der Waals surface area contributed by atoms with Crippen LogP contribution in [-0.4, -0.2) is 24.2 Å². The molecule has 0 spiro atoms. The number of esters is 1. The van der Waals surface area contributed by atoms with Crippen molar-refractivity contribution >= 4 is 27.6 Å². The van der Waals surface area contributed by atoms with Crippen LogP contribution in [0.5, 0.6) is 5.75 Å². The minimum Gasteiger partial charge on any atom is -0.422 e. The number of primary sulfonamides is 1. The minimum absolute atomic E-state index is 0.0757. The Balaban J connectivity index is 1.70. The molecule has 0 aliphatic heterocycles. The summed E-state index contributed by atoms with van der Waals surface area (Å²) in [5.41, 5.74) is 2.56. The predicted molar refractivity (Wildman–Crippen MR) is 121 cm³/mol. The zero-order chi connectivity index (χ0) is 22.7. The first-order chi connectivity index (χ1) is 15.3. The fourth-order valence-electron chi connectivity index (χ4n) is 3.17. The van der Waals surface area contributed by atoms with Crippen LogP contribution in [0.15, 0.2) is 90.0 Å². The molecule has 0 aliphatic carbocycles.